The first-order chi connectivity index (χ1) is 14.5. The molecule has 31 heavy (non-hydrogen) atoms. The molecule has 0 aliphatic carbocycles. The SMILES string of the molecule is CN1N=C(C(=O)Nc2ccc(NC(=O)c3ccc(F)cc3)cc2C(F)(F)F)CCC1=O. The van der Waals surface area contributed by atoms with Gasteiger partial charge in [-0.05, 0) is 42.5 Å². The minimum absolute atomic E-state index is 0.00215. The number of carbonyl (C=O) groups excluding carboxylic acids is 3. The van der Waals surface area contributed by atoms with Gasteiger partial charge >= 0.3 is 6.18 Å². The van der Waals surface area contributed by atoms with Gasteiger partial charge in [-0.15, -0.1) is 0 Å². The molecule has 1 aliphatic rings. The second-order valence-corrected chi connectivity index (χ2v) is 6.64. The number of benzene rings is 2. The number of amides is 3. The zero-order valence-corrected chi connectivity index (χ0v) is 16.1. The number of alkyl halides is 3. The summed E-state index contributed by atoms with van der Waals surface area (Å²) in [5.41, 5.74) is -1.90. The summed E-state index contributed by atoms with van der Waals surface area (Å²) >= 11 is 0. The maximum Gasteiger partial charge on any atom is 0.418 e. The van der Waals surface area contributed by atoms with E-state index in [-0.39, 0.29) is 35.7 Å². The third-order valence-electron chi connectivity index (χ3n) is 4.41. The number of hydrogen-bond donors (Lipinski definition) is 2. The Labute approximate surface area is 173 Å². The fraction of sp³-hybridized carbons (Fsp3) is 0.200. The van der Waals surface area contributed by atoms with E-state index in [4.69, 9.17) is 0 Å². The minimum Gasteiger partial charge on any atom is -0.322 e. The fourth-order valence-electron chi connectivity index (χ4n) is 2.80. The molecule has 1 aliphatic heterocycles. The summed E-state index contributed by atoms with van der Waals surface area (Å²) in [7, 11) is 1.34. The van der Waals surface area contributed by atoms with Crippen LogP contribution >= 0.6 is 0 Å². The van der Waals surface area contributed by atoms with E-state index in [1.54, 1.807) is 0 Å². The Hall–Kier alpha value is -3.76. The summed E-state index contributed by atoms with van der Waals surface area (Å²) < 4.78 is 53.6. The second kappa shape index (κ2) is 8.54. The van der Waals surface area contributed by atoms with Gasteiger partial charge in [0.05, 0.1) is 11.3 Å². The van der Waals surface area contributed by atoms with Gasteiger partial charge in [0.25, 0.3) is 11.8 Å². The van der Waals surface area contributed by atoms with Crippen molar-refractivity contribution in [2.75, 3.05) is 17.7 Å². The molecule has 0 radical (unpaired) electrons. The zero-order valence-electron chi connectivity index (χ0n) is 16.1. The topological polar surface area (TPSA) is 90.9 Å². The average molecular weight is 436 g/mol. The van der Waals surface area contributed by atoms with Crippen LogP contribution in [0.25, 0.3) is 0 Å². The van der Waals surface area contributed by atoms with Crippen molar-refractivity contribution in [3.63, 3.8) is 0 Å². The Balaban J connectivity index is 1.83. The highest BCUT2D eigenvalue weighted by atomic mass is 19.4. The maximum atomic E-state index is 13.6. The molecule has 3 amide bonds. The highest BCUT2D eigenvalue weighted by Gasteiger charge is 2.35. The van der Waals surface area contributed by atoms with E-state index in [2.05, 4.69) is 15.7 Å². The van der Waals surface area contributed by atoms with Crippen LogP contribution in [0, 0.1) is 5.82 Å². The zero-order chi connectivity index (χ0) is 22.8. The monoisotopic (exact) mass is 436 g/mol. The van der Waals surface area contributed by atoms with E-state index in [1.165, 1.54) is 25.2 Å². The van der Waals surface area contributed by atoms with Gasteiger partial charge < -0.3 is 10.6 Å². The summed E-state index contributed by atoms with van der Waals surface area (Å²) in [5.74, 6) is -2.47. The molecule has 0 aromatic heterocycles. The van der Waals surface area contributed by atoms with E-state index in [9.17, 15) is 31.9 Å². The van der Waals surface area contributed by atoms with Crippen LogP contribution in [0.3, 0.4) is 0 Å². The number of nitrogens with one attached hydrogen (secondary N) is 2. The molecule has 1 heterocycles. The lowest BCUT2D eigenvalue weighted by Crippen LogP contribution is -2.34. The highest BCUT2D eigenvalue weighted by molar-refractivity contribution is 6.43. The Morgan fingerprint density at radius 3 is 2.29 bits per heavy atom. The standard InChI is InChI=1S/C20H16F4N4O3/c1-28-17(29)9-8-16(27-28)19(31)26-15-7-6-13(10-14(15)20(22,23)24)25-18(30)11-2-4-12(21)5-3-11/h2-7,10H,8-9H2,1H3,(H,25,30)(H,26,31). The molecule has 0 atom stereocenters. The number of nitrogens with zero attached hydrogens (tertiary/aromatic N) is 2. The molecule has 3 rings (SSSR count). The molecule has 0 unspecified atom stereocenters. The molecule has 0 spiro atoms. The van der Waals surface area contributed by atoms with E-state index < -0.39 is 35.1 Å². The smallest absolute Gasteiger partial charge is 0.322 e. The largest absolute Gasteiger partial charge is 0.418 e. The van der Waals surface area contributed by atoms with Crippen LogP contribution in [-0.4, -0.2) is 35.5 Å². The maximum absolute atomic E-state index is 13.6. The summed E-state index contributed by atoms with van der Waals surface area (Å²) in [6.07, 6.45) is -4.81. The number of hydrazone groups is 1. The quantitative estimate of drug-likeness (QED) is 0.717. The lowest BCUT2D eigenvalue weighted by molar-refractivity contribution is -0.137. The van der Waals surface area contributed by atoms with Crippen molar-refractivity contribution in [1.29, 1.82) is 0 Å². The number of rotatable bonds is 4. The van der Waals surface area contributed by atoms with Crippen molar-refractivity contribution < 1.29 is 31.9 Å². The van der Waals surface area contributed by atoms with Gasteiger partial charge in [-0.1, -0.05) is 0 Å². The Kier molecular flexibility index (Phi) is 6.04. The summed E-state index contributed by atoms with van der Waals surface area (Å²) in [6.45, 7) is 0. The molecular weight excluding hydrogens is 420 g/mol. The molecule has 7 nitrogen and oxygen atoms in total. The normalized spacial score (nSPS) is 14.2. The lowest BCUT2D eigenvalue weighted by atomic mass is 10.1. The number of halogens is 4. The van der Waals surface area contributed by atoms with Crippen LogP contribution in [0.15, 0.2) is 47.6 Å². The van der Waals surface area contributed by atoms with Crippen molar-refractivity contribution in [3.8, 4) is 0 Å². The molecule has 0 saturated heterocycles. The van der Waals surface area contributed by atoms with Gasteiger partial charge in [0.15, 0.2) is 0 Å². The van der Waals surface area contributed by atoms with E-state index in [0.29, 0.717) is 6.07 Å². The molecule has 2 N–H and O–H groups in total. The third-order valence-corrected chi connectivity index (χ3v) is 4.41. The molecule has 2 aromatic carbocycles. The van der Waals surface area contributed by atoms with Crippen LogP contribution in [0.4, 0.5) is 28.9 Å². The van der Waals surface area contributed by atoms with Gasteiger partial charge in [0.2, 0.25) is 5.91 Å². The van der Waals surface area contributed by atoms with E-state index in [1.807, 2.05) is 0 Å². The van der Waals surface area contributed by atoms with Crippen molar-refractivity contribution >= 4 is 34.8 Å². The Morgan fingerprint density at radius 2 is 1.68 bits per heavy atom. The predicted molar refractivity (Wildman–Crippen MR) is 104 cm³/mol. The van der Waals surface area contributed by atoms with Crippen LogP contribution in [-0.2, 0) is 15.8 Å². The molecule has 162 valence electrons. The molecule has 0 saturated carbocycles. The minimum atomic E-state index is -4.83. The van der Waals surface area contributed by atoms with Gasteiger partial charge in [-0.2, -0.15) is 18.3 Å². The van der Waals surface area contributed by atoms with Crippen molar-refractivity contribution in [3.05, 3.63) is 59.4 Å². The van der Waals surface area contributed by atoms with E-state index in [0.717, 1.165) is 23.2 Å². The van der Waals surface area contributed by atoms with Crippen molar-refractivity contribution in [2.24, 2.45) is 5.10 Å². The van der Waals surface area contributed by atoms with Crippen LogP contribution < -0.4 is 10.6 Å². The molecular formula is C20H16F4N4O3. The van der Waals surface area contributed by atoms with Crippen molar-refractivity contribution in [1.82, 2.24) is 5.01 Å². The molecule has 2 aromatic rings. The lowest BCUT2D eigenvalue weighted by Gasteiger charge is -2.20. The number of carbonyl (C=O) groups is 3. The first-order valence-electron chi connectivity index (χ1n) is 8.98. The van der Waals surface area contributed by atoms with E-state index >= 15 is 0 Å². The van der Waals surface area contributed by atoms with Gasteiger partial charge in [0.1, 0.15) is 11.5 Å². The highest BCUT2D eigenvalue weighted by Crippen LogP contribution is 2.36. The Bertz CT molecular complexity index is 1070. The first-order valence-corrected chi connectivity index (χ1v) is 8.98. The molecule has 0 bridgehead atoms. The predicted octanol–water partition coefficient (Wildman–Crippen LogP) is 3.64. The summed E-state index contributed by atoms with van der Waals surface area (Å²) in [5, 5.41) is 9.19. The Morgan fingerprint density at radius 1 is 1.00 bits per heavy atom. The van der Waals surface area contributed by atoms with Gasteiger partial charge in [0, 0.05) is 31.1 Å². The first kappa shape index (κ1) is 21.9. The fourth-order valence-corrected chi connectivity index (χ4v) is 2.80. The third kappa shape index (κ3) is 5.24. The average Bonchev–Trinajstić information content (AvgIpc) is 2.70. The van der Waals surface area contributed by atoms with Crippen LogP contribution in [0.1, 0.15) is 28.8 Å². The number of anilines is 2. The van der Waals surface area contributed by atoms with Gasteiger partial charge in [-0.3, -0.25) is 14.4 Å². The summed E-state index contributed by atoms with van der Waals surface area (Å²) in [6, 6.07) is 7.34. The molecule has 11 heteroatoms. The van der Waals surface area contributed by atoms with Crippen LogP contribution in [0.2, 0.25) is 0 Å². The number of hydrogen-bond acceptors (Lipinski definition) is 4. The van der Waals surface area contributed by atoms with Gasteiger partial charge in [-0.25, -0.2) is 9.40 Å². The second-order valence-electron chi connectivity index (χ2n) is 6.64. The summed E-state index contributed by atoms with van der Waals surface area (Å²) in [4.78, 5) is 35.9. The van der Waals surface area contributed by atoms with Crippen LogP contribution in [0.5, 0.6) is 0 Å². The molecule has 0 fully saturated rings. The van der Waals surface area contributed by atoms with Crippen molar-refractivity contribution in [2.45, 2.75) is 19.0 Å².